The second-order valence-corrected chi connectivity index (χ2v) is 5.22. The molecule has 1 aliphatic heterocycles. The lowest BCUT2D eigenvalue weighted by Crippen LogP contribution is -2.51. The third-order valence-electron chi connectivity index (χ3n) is 3.94. The molecule has 0 radical (unpaired) electrons. The monoisotopic (exact) mass is 318 g/mol. The first kappa shape index (κ1) is 17.1. The maximum Gasteiger partial charge on any atom is 0.355 e. The van der Waals surface area contributed by atoms with Crippen LogP contribution in [0.1, 0.15) is 39.7 Å². The fraction of sp³-hybridized carbons (Fsp3) is 0.444. The highest BCUT2D eigenvalue weighted by molar-refractivity contribution is 6.08. The van der Waals surface area contributed by atoms with Gasteiger partial charge in [-0.3, -0.25) is 0 Å². The van der Waals surface area contributed by atoms with Crippen LogP contribution in [0.2, 0.25) is 0 Å². The summed E-state index contributed by atoms with van der Waals surface area (Å²) in [5, 5.41) is 0. The maximum atomic E-state index is 12.6. The van der Waals surface area contributed by atoms with Crippen molar-refractivity contribution in [3.63, 3.8) is 0 Å². The second kappa shape index (κ2) is 6.86. The molecule has 0 fully saturated rings. The third-order valence-corrected chi connectivity index (χ3v) is 3.94. The topological polar surface area (TPSA) is 61.8 Å². The van der Waals surface area contributed by atoms with E-state index in [2.05, 4.69) is 0 Å². The predicted octanol–water partition coefficient (Wildman–Crippen LogP) is 3.13. The van der Waals surface area contributed by atoms with Crippen molar-refractivity contribution < 1.29 is 23.8 Å². The SMILES string of the molecule is CCOC(=O)C1=C(C)c2ccccc2O[C@]1(CC)C(=O)OCC. The minimum Gasteiger partial charge on any atom is -0.470 e. The number of fused-ring (bicyclic) bond motifs is 1. The van der Waals surface area contributed by atoms with Gasteiger partial charge in [-0.25, -0.2) is 9.59 Å². The van der Waals surface area contributed by atoms with Crippen molar-refractivity contribution in [2.24, 2.45) is 0 Å². The van der Waals surface area contributed by atoms with E-state index >= 15 is 0 Å². The summed E-state index contributed by atoms with van der Waals surface area (Å²) in [5.41, 5.74) is 0.212. The van der Waals surface area contributed by atoms with E-state index in [1.165, 1.54) is 0 Å². The van der Waals surface area contributed by atoms with E-state index in [1.54, 1.807) is 33.8 Å². The first-order chi connectivity index (χ1) is 11.0. The number of hydrogen-bond donors (Lipinski definition) is 0. The number of ether oxygens (including phenoxy) is 3. The number of carbonyl (C=O) groups is 2. The normalized spacial score (nSPS) is 19.7. The molecule has 124 valence electrons. The second-order valence-electron chi connectivity index (χ2n) is 5.22. The van der Waals surface area contributed by atoms with Crippen molar-refractivity contribution >= 4 is 17.5 Å². The highest BCUT2D eigenvalue weighted by Gasteiger charge is 2.52. The van der Waals surface area contributed by atoms with Crippen LogP contribution in [-0.2, 0) is 19.1 Å². The molecule has 0 N–H and O–H groups in total. The van der Waals surface area contributed by atoms with Crippen LogP contribution in [0.3, 0.4) is 0 Å². The number of rotatable bonds is 5. The minimum atomic E-state index is -1.47. The van der Waals surface area contributed by atoms with Gasteiger partial charge in [0.2, 0.25) is 5.60 Å². The summed E-state index contributed by atoms with van der Waals surface area (Å²) in [5.74, 6) is -0.554. The minimum absolute atomic E-state index is 0.209. The Bertz CT molecular complexity index is 647. The van der Waals surface area contributed by atoms with Crippen molar-refractivity contribution in [3.05, 3.63) is 35.4 Å². The molecule has 2 rings (SSSR count). The van der Waals surface area contributed by atoms with Gasteiger partial charge >= 0.3 is 11.9 Å². The summed E-state index contributed by atoms with van der Waals surface area (Å²) in [4.78, 5) is 25.2. The van der Waals surface area contributed by atoms with E-state index in [9.17, 15) is 9.59 Å². The van der Waals surface area contributed by atoms with Gasteiger partial charge in [-0.05, 0) is 38.8 Å². The number of para-hydroxylation sites is 1. The molecular formula is C18H22O5. The van der Waals surface area contributed by atoms with Crippen molar-refractivity contribution in [2.45, 2.75) is 39.7 Å². The molecule has 0 unspecified atom stereocenters. The number of allylic oxidation sites excluding steroid dienone is 1. The van der Waals surface area contributed by atoms with Crippen molar-refractivity contribution in [1.29, 1.82) is 0 Å². The fourth-order valence-corrected chi connectivity index (χ4v) is 2.85. The zero-order valence-electron chi connectivity index (χ0n) is 14.0. The van der Waals surface area contributed by atoms with E-state index in [1.807, 2.05) is 18.2 Å². The Balaban J connectivity index is 2.67. The largest absolute Gasteiger partial charge is 0.470 e. The third kappa shape index (κ3) is 2.83. The number of carbonyl (C=O) groups excluding carboxylic acids is 2. The molecular weight excluding hydrogens is 296 g/mol. The van der Waals surface area contributed by atoms with Crippen LogP contribution in [0.5, 0.6) is 5.75 Å². The molecule has 1 aliphatic rings. The molecule has 23 heavy (non-hydrogen) atoms. The molecule has 0 saturated heterocycles. The highest BCUT2D eigenvalue weighted by Crippen LogP contribution is 2.43. The van der Waals surface area contributed by atoms with Crippen LogP contribution in [0.25, 0.3) is 5.57 Å². The van der Waals surface area contributed by atoms with Crippen LogP contribution in [0.15, 0.2) is 29.8 Å². The first-order valence-corrected chi connectivity index (χ1v) is 7.85. The van der Waals surface area contributed by atoms with Crippen molar-refractivity contribution in [2.75, 3.05) is 13.2 Å². The molecule has 5 nitrogen and oxygen atoms in total. The molecule has 0 amide bonds. The van der Waals surface area contributed by atoms with Gasteiger partial charge in [0.05, 0.1) is 18.8 Å². The Hall–Kier alpha value is -2.30. The van der Waals surface area contributed by atoms with Crippen LogP contribution in [0, 0.1) is 0 Å². The molecule has 1 atom stereocenters. The lowest BCUT2D eigenvalue weighted by atomic mass is 9.82. The van der Waals surface area contributed by atoms with E-state index in [0.717, 1.165) is 5.56 Å². The smallest absolute Gasteiger partial charge is 0.355 e. The first-order valence-electron chi connectivity index (χ1n) is 7.85. The Morgan fingerprint density at radius 2 is 1.74 bits per heavy atom. The summed E-state index contributed by atoms with van der Waals surface area (Å²) in [6.45, 7) is 7.47. The molecule has 0 aromatic heterocycles. The van der Waals surface area contributed by atoms with Gasteiger partial charge in [0.25, 0.3) is 0 Å². The van der Waals surface area contributed by atoms with Gasteiger partial charge in [-0.1, -0.05) is 25.1 Å². The summed E-state index contributed by atoms with van der Waals surface area (Å²) in [6.07, 6.45) is 0.269. The van der Waals surface area contributed by atoms with Gasteiger partial charge < -0.3 is 14.2 Å². The molecule has 0 bridgehead atoms. The van der Waals surface area contributed by atoms with E-state index in [0.29, 0.717) is 11.3 Å². The van der Waals surface area contributed by atoms with E-state index in [-0.39, 0.29) is 25.2 Å². The molecule has 5 heteroatoms. The number of esters is 2. The molecule has 1 heterocycles. The van der Waals surface area contributed by atoms with Crippen LogP contribution in [-0.4, -0.2) is 30.8 Å². The average Bonchev–Trinajstić information content (AvgIpc) is 2.54. The van der Waals surface area contributed by atoms with Crippen molar-refractivity contribution in [1.82, 2.24) is 0 Å². The fourth-order valence-electron chi connectivity index (χ4n) is 2.85. The highest BCUT2D eigenvalue weighted by atomic mass is 16.6. The zero-order chi connectivity index (χ0) is 17.0. The molecule has 1 aromatic carbocycles. The molecule has 0 aliphatic carbocycles. The lowest BCUT2D eigenvalue weighted by molar-refractivity contribution is -0.162. The Morgan fingerprint density at radius 3 is 2.35 bits per heavy atom. The molecule has 0 saturated carbocycles. The van der Waals surface area contributed by atoms with Crippen LogP contribution in [0.4, 0.5) is 0 Å². The Labute approximate surface area is 136 Å². The van der Waals surface area contributed by atoms with Gasteiger partial charge in [-0.2, -0.15) is 0 Å². The molecule has 1 aromatic rings. The lowest BCUT2D eigenvalue weighted by Gasteiger charge is -2.37. The van der Waals surface area contributed by atoms with Gasteiger partial charge in [0.1, 0.15) is 5.75 Å². The Morgan fingerprint density at radius 1 is 1.09 bits per heavy atom. The summed E-state index contributed by atoms with van der Waals surface area (Å²) in [7, 11) is 0. The average molecular weight is 318 g/mol. The summed E-state index contributed by atoms with van der Waals surface area (Å²) >= 11 is 0. The van der Waals surface area contributed by atoms with E-state index in [4.69, 9.17) is 14.2 Å². The zero-order valence-corrected chi connectivity index (χ0v) is 14.0. The standard InChI is InChI=1S/C18H22O5/c1-5-18(17(20)22-7-3)15(16(19)21-6-2)12(4)13-10-8-9-11-14(13)23-18/h8-11H,5-7H2,1-4H3/t18-/m0/s1. The van der Waals surface area contributed by atoms with Crippen molar-refractivity contribution in [3.8, 4) is 5.75 Å². The predicted molar refractivity (Wildman–Crippen MR) is 86.0 cm³/mol. The quantitative estimate of drug-likeness (QED) is 0.781. The van der Waals surface area contributed by atoms with Gasteiger partial charge in [0, 0.05) is 5.56 Å². The number of hydrogen-bond acceptors (Lipinski definition) is 5. The molecule has 0 spiro atoms. The van der Waals surface area contributed by atoms with Crippen LogP contribution < -0.4 is 4.74 Å². The summed E-state index contributed by atoms with van der Waals surface area (Å²) in [6, 6.07) is 7.32. The van der Waals surface area contributed by atoms with Gasteiger partial charge in [-0.15, -0.1) is 0 Å². The maximum absolute atomic E-state index is 12.6. The Kier molecular flexibility index (Phi) is 5.08. The number of benzene rings is 1. The van der Waals surface area contributed by atoms with E-state index < -0.39 is 17.5 Å². The van der Waals surface area contributed by atoms with Gasteiger partial charge in [0.15, 0.2) is 0 Å². The van der Waals surface area contributed by atoms with Crippen LogP contribution >= 0.6 is 0 Å². The summed E-state index contributed by atoms with van der Waals surface area (Å²) < 4.78 is 16.4.